The number of phenols is 1. The van der Waals surface area contributed by atoms with Gasteiger partial charge in [0.15, 0.2) is 17.5 Å². The SMILES string of the molecule is CC(C)=CCc1cc(C(=O)Nc2c(O)c3ccc(O[C@@H]4OC(C)(C)C[C@H]5OP(=O)(c6ccccc6)O[C@@H]45)c(C)c3oc2=O)ccc1O. The maximum atomic E-state index is 13.7. The van der Waals surface area contributed by atoms with E-state index in [1.807, 2.05) is 39.8 Å². The number of rotatable bonds is 7. The maximum Gasteiger partial charge on any atom is 0.364 e. The van der Waals surface area contributed by atoms with E-state index < -0.39 is 54.7 Å². The van der Waals surface area contributed by atoms with Crippen LogP contribution in [0.25, 0.3) is 11.0 Å². The zero-order valence-electron chi connectivity index (χ0n) is 26.6. The van der Waals surface area contributed by atoms with E-state index in [-0.39, 0.29) is 28.0 Å². The Hall–Kier alpha value is -4.41. The van der Waals surface area contributed by atoms with Gasteiger partial charge in [-0.05, 0) is 89.1 Å². The molecule has 0 saturated carbocycles. The van der Waals surface area contributed by atoms with Gasteiger partial charge in [-0.25, -0.2) is 4.79 Å². The van der Waals surface area contributed by atoms with Crippen molar-refractivity contribution in [3.63, 3.8) is 0 Å². The number of benzene rings is 3. The van der Waals surface area contributed by atoms with E-state index in [1.54, 1.807) is 37.3 Å². The normalized spacial score (nSPS) is 23.2. The second-order valence-electron chi connectivity index (χ2n) is 12.6. The van der Waals surface area contributed by atoms with Crippen LogP contribution < -0.4 is 21.0 Å². The van der Waals surface area contributed by atoms with E-state index in [0.717, 1.165) is 5.57 Å². The predicted molar refractivity (Wildman–Crippen MR) is 176 cm³/mol. The van der Waals surface area contributed by atoms with E-state index in [4.69, 9.17) is 22.9 Å². The molecule has 4 atom stereocenters. The molecule has 11 nitrogen and oxygen atoms in total. The van der Waals surface area contributed by atoms with Gasteiger partial charge in [0.1, 0.15) is 23.2 Å². The highest BCUT2D eigenvalue weighted by molar-refractivity contribution is 7.62. The van der Waals surface area contributed by atoms with E-state index in [1.165, 1.54) is 24.3 Å². The molecule has 2 aliphatic heterocycles. The van der Waals surface area contributed by atoms with Crippen molar-refractivity contribution in [3.05, 3.63) is 99.4 Å². The Morgan fingerprint density at radius 3 is 2.55 bits per heavy atom. The first-order valence-corrected chi connectivity index (χ1v) is 16.7. The summed E-state index contributed by atoms with van der Waals surface area (Å²) in [7, 11) is -3.65. The van der Waals surface area contributed by atoms with Crippen molar-refractivity contribution in [1.29, 1.82) is 0 Å². The van der Waals surface area contributed by atoms with Crippen LogP contribution in [0.2, 0.25) is 0 Å². The molecule has 6 rings (SSSR count). The van der Waals surface area contributed by atoms with Crippen molar-refractivity contribution in [3.8, 4) is 17.2 Å². The lowest BCUT2D eigenvalue weighted by atomic mass is 9.93. The zero-order chi connectivity index (χ0) is 33.7. The first-order valence-electron chi connectivity index (χ1n) is 15.2. The van der Waals surface area contributed by atoms with Gasteiger partial charge in [-0.2, -0.15) is 0 Å². The molecule has 1 unspecified atom stereocenters. The van der Waals surface area contributed by atoms with Crippen molar-refractivity contribution >= 4 is 35.5 Å². The third-order valence-corrected chi connectivity index (χ3v) is 10.2. The molecular weight excluding hydrogens is 625 g/mol. The minimum Gasteiger partial charge on any atom is -0.508 e. The standard InChI is InChI=1S/C35H36NO10P/c1-19(2)11-12-21-17-22(13-15-25(21)37)32(39)36-28-29(38)24-14-16-26(20(3)30(24)43-33(28)40)42-34-31-27(18-35(4,5)44-34)45-47(41,46-31)23-9-7-6-8-10-23/h6-11,13-17,27,31,34,37-38H,12,18H2,1-5H3,(H,36,39)/t27-,31-,34-,47?/m1/s1. The van der Waals surface area contributed by atoms with Gasteiger partial charge in [0.2, 0.25) is 6.29 Å². The number of phenolic OH excluding ortho intramolecular Hbond substituents is 1. The molecule has 0 spiro atoms. The van der Waals surface area contributed by atoms with Crippen LogP contribution in [0.3, 0.4) is 0 Å². The van der Waals surface area contributed by atoms with Gasteiger partial charge in [-0.1, -0.05) is 29.8 Å². The molecule has 0 aliphatic carbocycles. The number of aryl methyl sites for hydroxylation is 1. The third kappa shape index (κ3) is 6.44. The number of carbonyl (C=O) groups excluding carboxylic acids is 1. The monoisotopic (exact) mass is 661 g/mol. The molecule has 1 amide bonds. The van der Waals surface area contributed by atoms with Gasteiger partial charge < -0.3 is 29.4 Å². The quantitative estimate of drug-likeness (QED) is 0.114. The molecule has 4 aromatic rings. The van der Waals surface area contributed by atoms with Crippen LogP contribution in [0.15, 0.2) is 81.5 Å². The van der Waals surface area contributed by atoms with E-state index in [9.17, 15) is 24.4 Å². The number of hydrogen-bond acceptors (Lipinski definition) is 10. The molecule has 2 aliphatic rings. The summed E-state index contributed by atoms with van der Waals surface area (Å²) in [5, 5.41) is 24.4. The molecule has 3 N–H and O–H groups in total. The van der Waals surface area contributed by atoms with Crippen LogP contribution in [0, 0.1) is 6.92 Å². The number of allylic oxidation sites excluding steroid dienone is 2. The summed E-state index contributed by atoms with van der Waals surface area (Å²) in [6.07, 6.45) is 0.343. The summed E-state index contributed by atoms with van der Waals surface area (Å²) in [5.74, 6) is -0.832. The summed E-state index contributed by atoms with van der Waals surface area (Å²) in [6, 6.07) is 16.1. The molecular formula is C35H36NO10P. The lowest BCUT2D eigenvalue weighted by Gasteiger charge is -2.40. The summed E-state index contributed by atoms with van der Waals surface area (Å²) in [6.45, 7) is 9.25. The molecule has 3 aromatic carbocycles. The van der Waals surface area contributed by atoms with Crippen molar-refractivity contribution in [2.45, 2.75) is 71.6 Å². The van der Waals surface area contributed by atoms with Crippen molar-refractivity contribution < 1.29 is 42.5 Å². The minimum atomic E-state index is -3.65. The summed E-state index contributed by atoms with van der Waals surface area (Å²) >= 11 is 0. The molecule has 246 valence electrons. The highest BCUT2D eigenvalue weighted by atomic mass is 31.2. The highest BCUT2D eigenvalue weighted by Gasteiger charge is 2.56. The van der Waals surface area contributed by atoms with Gasteiger partial charge in [0, 0.05) is 17.5 Å². The first kappa shape index (κ1) is 32.5. The molecule has 12 heteroatoms. The van der Waals surface area contributed by atoms with Crippen LogP contribution >= 0.6 is 7.60 Å². The van der Waals surface area contributed by atoms with E-state index in [0.29, 0.717) is 29.3 Å². The number of ether oxygens (including phenoxy) is 2. The Morgan fingerprint density at radius 1 is 1.09 bits per heavy atom. The second kappa shape index (κ2) is 12.3. The molecule has 3 heterocycles. The average molecular weight is 662 g/mol. The van der Waals surface area contributed by atoms with Gasteiger partial charge in [-0.15, -0.1) is 0 Å². The van der Waals surface area contributed by atoms with Gasteiger partial charge in [-0.3, -0.25) is 18.4 Å². The Morgan fingerprint density at radius 2 is 1.83 bits per heavy atom. The number of hydrogen-bond donors (Lipinski definition) is 3. The topological polar surface area (TPSA) is 154 Å². The van der Waals surface area contributed by atoms with Crippen LogP contribution in [-0.4, -0.2) is 40.2 Å². The van der Waals surface area contributed by atoms with Crippen molar-refractivity contribution in [1.82, 2.24) is 0 Å². The predicted octanol–water partition coefficient (Wildman–Crippen LogP) is 6.48. The van der Waals surface area contributed by atoms with Crippen LogP contribution in [0.4, 0.5) is 5.69 Å². The largest absolute Gasteiger partial charge is 0.508 e. The molecule has 2 saturated heterocycles. The molecule has 1 aromatic heterocycles. The number of amides is 1. The number of anilines is 1. The summed E-state index contributed by atoms with van der Waals surface area (Å²) < 4.78 is 43.9. The fraction of sp³-hybridized carbons (Fsp3) is 0.314. The number of fused-ring (bicyclic) bond motifs is 2. The lowest BCUT2D eigenvalue weighted by molar-refractivity contribution is -0.237. The number of nitrogens with one attached hydrogen (secondary N) is 1. The van der Waals surface area contributed by atoms with E-state index in [2.05, 4.69) is 5.32 Å². The molecule has 2 fully saturated rings. The molecule has 0 bridgehead atoms. The van der Waals surface area contributed by atoms with Crippen molar-refractivity contribution in [2.75, 3.05) is 5.32 Å². The fourth-order valence-electron chi connectivity index (χ4n) is 5.73. The van der Waals surface area contributed by atoms with E-state index >= 15 is 0 Å². The second-order valence-corrected chi connectivity index (χ2v) is 14.5. The Bertz CT molecular complexity index is 2000. The van der Waals surface area contributed by atoms with Crippen molar-refractivity contribution in [2.24, 2.45) is 0 Å². The summed E-state index contributed by atoms with van der Waals surface area (Å²) in [4.78, 5) is 26.2. The summed E-state index contributed by atoms with van der Waals surface area (Å²) in [5.41, 5.74) is 0.0875. The maximum absolute atomic E-state index is 13.7. The molecule has 0 radical (unpaired) electrons. The third-order valence-electron chi connectivity index (χ3n) is 8.17. The lowest BCUT2D eigenvalue weighted by Crippen LogP contribution is -2.53. The average Bonchev–Trinajstić information content (AvgIpc) is 3.37. The van der Waals surface area contributed by atoms with Crippen LogP contribution in [0.1, 0.15) is 55.6 Å². The minimum absolute atomic E-state index is 0.0375. The van der Waals surface area contributed by atoms with Gasteiger partial charge >= 0.3 is 13.2 Å². The van der Waals surface area contributed by atoms with Gasteiger partial charge in [0.25, 0.3) is 5.91 Å². The van der Waals surface area contributed by atoms with Crippen LogP contribution in [0.5, 0.6) is 17.2 Å². The zero-order valence-corrected chi connectivity index (χ0v) is 27.5. The van der Waals surface area contributed by atoms with Crippen LogP contribution in [-0.2, 0) is 24.8 Å². The number of carbonyl (C=O) groups is 1. The Labute approximate surface area is 271 Å². The fourth-order valence-corrected chi connectivity index (χ4v) is 7.66. The molecule has 47 heavy (non-hydrogen) atoms. The highest BCUT2D eigenvalue weighted by Crippen LogP contribution is 2.59. The van der Waals surface area contributed by atoms with Gasteiger partial charge in [0.05, 0.1) is 16.3 Å². The first-order chi connectivity index (χ1) is 22.2. The Kier molecular flexibility index (Phi) is 8.52. The Balaban J connectivity index is 1.27. The number of aromatic hydroxyl groups is 2. The smallest absolute Gasteiger partial charge is 0.364 e.